The van der Waals surface area contributed by atoms with Gasteiger partial charge < -0.3 is 25.2 Å². The molecule has 2 fully saturated rings. The molecule has 0 aromatic heterocycles. The Labute approximate surface area is 190 Å². The molecule has 2 aromatic rings. The number of carbonyl (C=O) groups is 1. The van der Waals surface area contributed by atoms with Crippen LogP contribution in [0.1, 0.15) is 39.5 Å². The van der Waals surface area contributed by atoms with E-state index in [4.69, 9.17) is 4.74 Å². The maximum absolute atomic E-state index is 13.0. The van der Waals surface area contributed by atoms with Gasteiger partial charge in [-0.15, -0.1) is 0 Å². The minimum atomic E-state index is 0.0278. The summed E-state index contributed by atoms with van der Waals surface area (Å²) in [4.78, 5) is 17.7. The Hall–Kier alpha value is -2.41. The van der Waals surface area contributed by atoms with E-state index in [0.29, 0.717) is 6.04 Å². The van der Waals surface area contributed by atoms with Crippen molar-refractivity contribution in [3.8, 4) is 0 Å². The zero-order valence-electron chi connectivity index (χ0n) is 19.0. The van der Waals surface area contributed by atoms with Crippen LogP contribution in [0, 0.1) is 0 Å². The summed E-state index contributed by atoms with van der Waals surface area (Å²) < 4.78 is 5.43. The molecule has 170 valence electrons. The van der Waals surface area contributed by atoms with Gasteiger partial charge >= 0.3 is 0 Å². The van der Waals surface area contributed by atoms with E-state index in [1.165, 1.54) is 16.7 Å². The summed E-state index contributed by atoms with van der Waals surface area (Å²) >= 11 is 0. The maximum atomic E-state index is 13.0. The summed E-state index contributed by atoms with van der Waals surface area (Å²) in [5.74, 6) is 0.0278. The lowest BCUT2D eigenvalue weighted by Gasteiger charge is -2.35. The SMILES string of the molecule is CN1CCN[C@H](c2cccc3c2CC(NC(=O)c2ccc(N4CCOCC4)cc2)CC3)C1. The van der Waals surface area contributed by atoms with Gasteiger partial charge in [0.05, 0.1) is 13.2 Å². The third kappa shape index (κ3) is 4.68. The van der Waals surface area contributed by atoms with Gasteiger partial charge in [0.2, 0.25) is 0 Å². The summed E-state index contributed by atoms with van der Waals surface area (Å²) in [5, 5.41) is 7.00. The smallest absolute Gasteiger partial charge is 0.251 e. The number of hydrogen-bond acceptors (Lipinski definition) is 5. The number of rotatable bonds is 4. The molecule has 0 bridgehead atoms. The predicted octanol–water partition coefficient (Wildman–Crippen LogP) is 2.39. The van der Waals surface area contributed by atoms with Crippen LogP contribution in [0.2, 0.25) is 0 Å². The fraction of sp³-hybridized carbons (Fsp3) is 0.500. The zero-order valence-corrected chi connectivity index (χ0v) is 19.0. The van der Waals surface area contributed by atoms with Gasteiger partial charge in [-0.3, -0.25) is 4.79 Å². The van der Waals surface area contributed by atoms with Gasteiger partial charge in [-0.05, 0) is 67.3 Å². The number of anilines is 1. The summed E-state index contributed by atoms with van der Waals surface area (Å²) in [6.07, 6.45) is 2.92. The molecular formula is C26H34N4O2. The number of benzene rings is 2. The second kappa shape index (κ2) is 9.61. The molecule has 1 unspecified atom stereocenters. The lowest BCUT2D eigenvalue weighted by Crippen LogP contribution is -2.45. The molecule has 2 aromatic carbocycles. The molecule has 2 atom stereocenters. The van der Waals surface area contributed by atoms with Gasteiger partial charge in [-0.1, -0.05) is 18.2 Å². The Morgan fingerprint density at radius 2 is 1.91 bits per heavy atom. The molecule has 32 heavy (non-hydrogen) atoms. The monoisotopic (exact) mass is 434 g/mol. The molecule has 0 saturated carbocycles. The number of morpholine rings is 1. The van der Waals surface area contributed by atoms with Crippen LogP contribution < -0.4 is 15.5 Å². The molecule has 3 aliphatic rings. The van der Waals surface area contributed by atoms with E-state index < -0.39 is 0 Å². The van der Waals surface area contributed by atoms with Crippen LogP contribution >= 0.6 is 0 Å². The van der Waals surface area contributed by atoms with Crippen LogP contribution in [0.15, 0.2) is 42.5 Å². The van der Waals surface area contributed by atoms with Crippen molar-refractivity contribution in [3.05, 3.63) is 64.7 Å². The number of nitrogens with one attached hydrogen (secondary N) is 2. The quantitative estimate of drug-likeness (QED) is 0.774. The number of fused-ring (bicyclic) bond motifs is 1. The second-order valence-electron chi connectivity index (χ2n) is 9.31. The predicted molar refractivity (Wildman–Crippen MR) is 127 cm³/mol. The van der Waals surface area contributed by atoms with E-state index in [9.17, 15) is 4.79 Å². The van der Waals surface area contributed by atoms with Crippen LogP contribution in [-0.2, 0) is 17.6 Å². The highest BCUT2D eigenvalue weighted by atomic mass is 16.5. The first-order valence-electron chi connectivity index (χ1n) is 11.9. The summed E-state index contributed by atoms with van der Waals surface area (Å²) in [6, 6.07) is 15.3. The Morgan fingerprint density at radius 3 is 2.69 bits per heavy atom. The first-order valence-corrected chi connectivity index (χ1v) is 11.9. The van der Waals surface area contributed by atoms with Crippen LogP contribution in [0.25, 0.3) is 0 Å². The Balaban J connectivity index is 1.25. The normalized spacial score (nSPS) is 24.1. The van der Waals surface area contributed by atoms with E-state index in [0.717, 1.165) is 76.5 Å². The largest absolute Gasteiger partial charge is 0.378 e. The Kier molecular flexibility index (Phi) is 6.44. The van der Waals surface area contributed by atoms with Gasteiger partial charge in [-0.2, -0.15) is 0 Å². The topological polar surface area (TPSA) is 56.8 Å². The molecule has 2 saturated heterocycles. The van der Waals surface area contributed by atoms with Crippen molar-refractivity contribution in [1.82, 2.24) is 15.5 Å². The van der Waals surface area contributed by atoms with Crippen molar-refractivity contribution in [2.24, 2.45) is 0 Å². The molecular weight excluding hydrogens is 400 g/mol. The fourth-order valence-corrected chi connectivity index (χ4v) is 5.28. The lowest BCUT2D eigenvalue weighted by molar-refractivity contribution is 0.0933. The van der Waals surface area contributed by atoms with Crippen molar-refractivity contribution >= 4 is 11.6 Å². The molecule has 2 heterocycles. The summed E-state index contributed by atoms with van der Waals surface area (Å²) in [5.41, 5.74) is 6.17. The van der Waals surface area contributed by atoms with Crippen molar-refractivity contribution in [2.75, 3.05) is 57.9 Å². The number of ether oxygens (including phenoxy) is 1. The summed E-state index contributed by atoms with van der Waals surface area (Å²) in [7, 11) is 2.19. The summed E-state index contributed by atoms with van der Waals surface area (Å²) in [6.45, 7) is 6.48. The van der Waals surface area contributed by atoms with E-state index in [2.05, 4.69) is 57.8 Å². The van der Waals surface area contributed by atoms with E-state index in [-0.39, 0.29) is 11.9 Å². The number of piperazine rings is 1. The zero-order chi connectivity index (χ0) is 21.9. The molecule has 0 radical (unpaired) electrons. The van der Waals surface area contributed by atoms with Crippen molar-refractivity contribution in [3.63, 3.8) is 0 Å². The van der Waals surface area contributed by atoms with Gasteiger partial charge in [0.1, 0.15) is 0 Å². The molecule has 5 rings (SSSR count). The standard InChI is InChI=1S/C26H34N4O2/c1-29-12-11-27-25(18-29)23-4-2-3-19-5-8-21(17-24(19)23)28-26(31)20-6-9-22(10-7-20)30-13-15-32-16-14-30/h2-4,6-7,9-10,21,25,27H,5,8,11-18H2,1H3,(H,28,31)/t21?,25-/m0/s1. The first kappa shape index (κ1) is 21.4. The number of nitrogens with zero attached hydrogens (tertiary/aromatic N) is 2. The highest BCUT2D eigenvalue weighted by Gasteiger charge is 2.27. The van der Waals surface area contributed by atoms with Crippen molar-refractivity contribution < 1.29 is 9.53 Å². The average molecular weight is 435 g/mol. The molecule has 2 aliphatic heterocycles. The number of amides is 1. The molecule has 2 N–H and O–H groups in total. The van der Waals surface area contributed by atoms with Gasteiger partial charge in [-0.25, -0.2) is 0 Å². The van der Waals surface area contributed by atoms with E-state index in [1.807, 2.05) is 12.1 Å². The maximum Gasteiger partial charge on any atom is 0.251 e. The Morgan fingerprint density at radius 1 is 1.09 bits per heavy atom. The minimum Gasteiger partial charge on any atom is -0.378 e. The van der Waals surface area contributed by atoms with E-state index in [1.54, 1.807) is 0 Å². The number of aryl methyl sites for hydroxylation is 1. The number of hydrogen-bond donors (Lipinski definition) is 2. The van der Waals surface area contributed by atoms with Crippen LogP contribution in [0.3, 0.4) is 0 Å². The fourth-order valence-electron chi connectivity index (χ4n) is 5.28. The molecule has 6 nitrogen and oxygen atoms in total. The molecule has 1 amide bonds. The lowest BCUT2D eigenvalue weighted by atomic mass is 9.83. The Bertz CT molecular complexity index is 939. The van der Waals surface area contributed by atoms with Crippen LogP contribution in [0.4, 0.5) is 5.69 Å². The van der Waals surface area contributed by atoms with Gasteiger partial charge in [0, 0.05) is 56.1 Å². The third-order valence-electron chi connectivity index (χ3n) is 7.12. The van der Waals surface area contributed by atoms with E-state index >= 15 is 0 Å². The minimum absolute atomic E-state index is 0.0278. The molecule has 6 heteroatoms. The third-order valence-corrected chi connectivity index (χ3v) is 7.12. The van der Waals surface area contributed by atoms with Crippen LogP contribution in [-0.4, -0.2) is 69.8 Å². The van der Waals surface area contributed by atoms with Gasteiger partial charge in [0.25, 0.3) is 5.91 Å². The second-order valence-corrected chi connectivity index (χ2v) is 9.31. The molecule has 0 spiro atoms. The van der Waals surface area contributed by atoms with Crippen LogP contribution in [0.5, 0.6) is 0 Å². The van der Waals surface area contributed by atoms with Crippen molar-refractivity contribution in [2.45, 2.75) is 31.3 Å². The first-order chi connectivity index (χ1) is 15.7. The molecule has 1 aliphatic carbocycles. The number of carbonyl (C=O) groups excluding carboxylic acids is 1. The number of likely N-dealkylation sites (N-methyl/N-ethyl adjacent to an activating group) is 1. The highest BCUT2D eigenvalue weighted by Crippen LogP contribution is 2.30. The average Bonchev–Trinajstić information content (AvgIpc) is 2.84. The van der Waals surface area contributed by atoms with Crippen molar-refractivity contribution in [1.29, 1.82) is 0 Å². The van der Waals surface area contributed by atoms with Gasteiger partial charge in [0.15, 0.2) is 0 Å². The highest BCUT2D eigenvalue weighted by molar-refractivity contribution is 5.94.